The van der Waals surface area contributed by atoms with Crippen LogP contribution in [0.15, 0.2) is 6.07 Å². The van der Waals surface area contributed by atoms with E-state index in [-0.39, 0.29) is 6.09 Å². The summed E-state index contributed by atoms with van der Waals surface area (Å²) in [5.74, 6) is 1.16. The van der Waals surface area contributed by atoms with Crippen molar-refractivity contribution in [2.45, 2.75) is 70.4 Å². The first-order valence-corrected chi connectivity index (χ1v) is 8.66. The lowest BCUT2D eigenvalue weighted by Crippen LogP contribution is -2.41. The van der Waals surface area contributed by atoms with Crippen molar-refractivity contribution < 1.29 is 9.53 Å². The van der Waals surface area contributed by atoms with E-state index in [1.165, 1.54) is 19.3 Å². The predicted octanol–water partition coefficient (Wildman–Crippen LogP) is 3.30. The molecule has 2 aliphatic rings. The summed E-state index contributed by atoms with van der Waals surface area (Å²) in [6, 6.07) is 2.51. The number of nitrogen functional groups attached to an aromatic ring is 1. The molecule has 0 bridgehead atoms. The molecule has 1 saturated heterocycles. The second-order valence-corrected chi connectivity index (χ2v) is 7.77. The highest BCUT2D eigenvalue weighted by molar-refractivity contribution is 5.68. The number of aromatic nitrogens is 2. The zero-order chi connectivity index (χ0) is 16.6. The number of nitrogens with two attached hydrogens (primary N) is 1. The smallest absolute Gasteiger partial charge is 0.410 e. The summed E-state index contributed by atoms with van der Waals surface area (Å²) in [5.41, 5.74) is 6.76. The molecule has 6 nitrogen and oxygen atoms in total. The maximum Gasteiger partial charge on any atom is 0.410 e. The summed E-state index contributed by atoms with van der Waals surface area (Å²) >= 11 is 0. The van der Waals surface area contributed by atoms with Crippen LogP contribution < -0.4 is 5.73 Å². The maximum absolute atomic E-state index is 12.1. The van der Waals surface area contributed by atoms with Crippen LogP contribution in [-0.4, -0.2) is 39.5 Å². The third-order valence-electron chi connectivity index (χ3n) is 4.77. The van der Waals surface area contributed by atoms with Crippen molar-refractivity contribution in [3.05, 3.63) is 11.8 Å². The Morgan fingerprint density at radius 1 is 1.26 bits per heavy atom. The number of amides is 1. The van der Waals surface area contributed by atoms with Gasteiger partial charge >= 0.3 is 6.09 Å². The summed E-state index contributed by atoms with van der Waals surface area (Å²) in [6.07, 6.45) is 5.26. The molecule has 6 heteroatoms. The van der Waals surface area contributed by atoms with Gasteiger partial charge in [-0.05, 0) is 52.9 Å². The van der Waals surface area contributed by atoms with Gasteiger partial charge in [0.25, 0.3) is 0 Å². The normalized spacial score (nSPS) is 20.4. The van der Waals surface area contributed by atoms with Crippen molar-refractivity contribution in [3.63, 3.8) is 0 Å². The highest BCUT2D eigenvalue weighted by Gasteiger charge is 2.30. The maximum atomic E-state index is 12.1. The fourth-order valence-corrected chi connectivity index (χ4v) is 3.24. The lowest BCUT2D eigenvalue weighted by Gasteiger charge is -2.33. The molecule has 2 heterocycles. The fraction of sp³-hybridized carbons (Fsp3) is 0.765. The minimum atomic E-state index is -0.441. The lowest BCUT2D eigenvalue weighted by molar-refractivity contribution is 0.0204. The monoisotopic (exact) mass is 320 g/mol. The third-order valence-corrected chi connectivity index (χ3v) is 4.77. The van der Waals surface area contributed by atoms with Gasteiger partial charge in [-0.25, -0.2) is 9.48 Å². The van der Waals surface area contributed by atoms with Gasteiger partial charge in [-0.2, -0.15) is 5.10 Å². The van der Waals surface area contributed by atoms with Gasteiger partial charge in [-0.1, -0.05) is 0 Å². The number of nitrogens with zero attached hydrogens (tertiary/aromatic N) is 3. The molecule has 1 aromatic rings. The molecule has 1 aliphatic heterocycles. The Morgan fingerprint density at radius 3 is 2.43 bits per heavy atom. The molecule has 2 N–H and O–H groups in total. The molecule has 1 amide bonds. The molecule has 1 saturated carbocycles. The second kappa shape index (κ2) is 6.06. The molecule has 0 spiro atoms. The number of hydrogen-bond acceptors (Lipinski definition) is 4. The highest BCUT2D eigenvalue weighted by Crippen LogP contribution is 2.35. The number of carbonyl (C=O) groups is 1. The van der Waals surface area contributed by atoms with Crippen LogP contribution in [0.4, 0.5) is 10.6 Å². The Morgan fingerprint density at radius 2 is 1.91 bits per heavy atom. The zero-order valence-electron chi connectivity index (χ0n) is 14.4. The number of hydrogen-bond donors (Lipinski definition) is 1. The number of rotatable bonds is 2. The van der Waals surface area contributed by atoms with E-state index in [9.17, 15) is 4.79 Å². The SMILES string of the molecule is CC(C)(C)OC(=O)N1CCC(c2cc(N)n(C3CCC3)n2)CC1. The van der Waals surface area contributed by atoms with E-state index in [1.54, 1.807) is 4.90 Å². The first kappa shape index (κ1) is 16.1. The van der Waals surface area contributed by atoms with Crippen LogP contribution in [0.25, 0.3) is 0 Å². The van der Waals surface area contributed by atoms with E-state index < -0.39 is 5.60 Å². The van der Waals surface area contributed by atoms with Crippen molar-refractivity contribution in [2.24, 2.45) is 0 Å². The first-order valence-electron chi connectivity index (χ1n) is 8.66. The van der Waals surface area contributed by atoms with Crippen LogP contribution in [0.1, 0.15) is 70.5 Å². The van der Waals surface area contributed by atoms with E-state index in [1.807, 2.05) is 31.5 Å². The summed E-state index contributed by atoms with van der Waals surface area (Å²) in [7, 11) is 0. The molecule has 0 unspecified atom stereocenters. The van der Waals surface area contributed by atoms with Gasteiger partial charge < -0.3 is 15.4 Å². The molecular formula is C17H28N4O2. The Hall–Kier alpha value is -1.72. The van der Waals surface area contributed by atoms with Crippen LogP contribution >= 0.6 is 0 Å². The topological polar surface area (TPSA) is 73.4 Å². The average molecular weight is 320 g/mol. The number of carbonyl (C=O) groups excluding carboxylic acids is 1. The number of anilines is 1. The van der Waals surface area contributed by atoms with E-state index in [0.29, 0.717) is 12.0 Å². The molecule has 1 aliphatic carbocycles. The molecule has 23 heavy (non-hydrogen) atoms. The standard InChI is InChI=1S/C17H28N4O2/c1-17(2,3)23-16(22)20-9-7-12(8-10-20)14-11-15(18)21(19-14)13-5-4-6-13/h11-13H,4-10,18H2,1-3H3. The van der Waals surface area contributed by atoms with Crippen molar-refractivity contribution in [1.82, 2.24) is 14.7 Å². The number of ether oxygens (including phenoxy) is 1. The number of likely N-dealkylation sites (tertiary alicyclic amines) is 1. The second-order valence-electron chi connectivity index (χ2n) is 7.77. The summed E-state index contributed by atoms with van der Waals surface area (Å²) in [4.78, 5) is 13.9. The highest BCUT2D eigenvalue weighted by atomic mass is 16.6. The summed E-state index contributed by atoms with van der Waals surface area (Å²) in [6.45, 7) is 7.13. The van der Waals surface area contributed by atoms with Gasteiger partial charge in [0.2, 0.25) is 0 Å². The van der Waals surface area contributed by atoms with Crippen LogP contribution in [0, 0.1) is 0 Å². The van der Waals surface area contributed by atoms with Crippen molar-refractivity contribution in [3.8, 4) is 0 Å². The largest absolute Gasteiger partial charge is 0.444 e. The van der Waals surface area contributed by atoms with Crippen molar-refractivity contribution in [1.29, 1.82) is 0 Å². The van der Waals surface area contributed by atoms with Gasteiger partial charge in [0, 0.05) is 25.1 Å². The molecule has 1 aromatic heterocycles. The zero-order valence-corrected chi connectivity index (χ0v) is 14.4. The minimum Gasteiger partial charge on any atom is -0.444 e. The Bertz CT molecular complexity index is 564. The number of piperidine rings is 1. The molecule has 0 radical (unpaired) electrons. The predicted molar refractivity (Wildman–Crippen MR) is 89.3 cm³/mol. The quantitative estimate of drug-likeness (QED) is 0.907. The van der Waals surface area contributed by atoms with Crippen molar-refractivity contribution in [2.75, 3.05) is 18.8 Å². The Balaban J connectivity index is 1.57. The van der Waals surface area contributed by atoms with E-state index >= 15 is 0 Å². The van der Waals surface area contributed by atoms with Gasteiger partial charge in [-0.15, -0.1) is 0 Å². The Kier molecular flexibility index (Phi) is 4.25. The average Bonchev–Trinajstić information content (AvgIpc) is 2.77. The van der Waals surface area contributed by atoms with Crippen molar-refractivity contribution >= 4 is 11.9 Å². The molecular weight excluding hydrogens is 292 g/mol. The minimum absolute atomic E-state index is 0.213. The van der Waals surface area contributed by atoms with Gasteiger partial charge in [0.05, 0.1) is 11.7 Å². The molecule has 0 aromatic carbocycles. The third kappa shape index (κ3) is 3.62. The van der Waals surface area contributed by atoms with Gasteiger partial charge in [0.15, 0.2) is 0 Å². The molecule has 3 rings (SSSR count). The van der Waals surface area contributed by atoms with E-state index in [2.05, 4.69) is 0 Å². The van der Waals surface area contributed by atoms with Crippen LogP contribution in [0.3, 0.4) is 0 Å². The fourth-order valence-electron chi connectivity index (χ4n) is 3.24. The van der Waals surface area contributed by atoms with Crippen LogP contribution in [-0.2, 0) is 4.74 Å². The lowest BCUT2D eigenvalue weighted by atomic mass is 9.93. The molecule has 128 valence electrons. The van der Waals surface area contributed by atoms with Gasteiger partial charge in [0.1, 0.15) is 11.4 Å². The summed E-state index contributed by atoms with van der Waals surface area (Å²) < 4.78 is 7.44. The van der Waals surface area contributed by atoms with Crippen LogP contribution in [0.5, 0.6) is 0 Å². The van der Waals surface area contributed by atoms with Crippen LogP contribution in [0.2, 0.25) is 0 Å². The van der Waals surface area contributed by atoms with E-state index in [4.69, 9.17) is 15.6 Å². The molecule has 2 fully saturated rings. The van der Waals surface area contributed by atoms with E-state index in [0.717, 1.165) is 37.4 Å². The first-order chi connectivity index (χ1) is 10.8. The molecule has 0 atom stereocenters. The summed E-state index contributed by atoms with van der Waals surface area (Å²) in [5, 5.41) is 4.74. The Labute approximate surface area is 138 Å². The van der Waals surface area contributed by atoms with Gasteiger partial charge in [-0.3, -0.25) is 0 Å².